The van der Waals surface area contributed by atoms with E-state index in [1.54, 1.807) is 24.4 Å². The zero-order valence-electron chi connectivity index (χ0n) is 9.72. The topological polar surface area (TPSA) is 40.4 Å². The summed E-state index contributed by atoms with van der Waals surface area (Å²) in [5.41, 5.74) is 0.708. The Bertz CT molecular complexity index is 740. The van der Waals surface area contributed by atoms with E-state index in [0.29, 0.717) is 21.2 Å². The van der Waals surface area contributed by atoms with Crippen LogP contribution in [0.15, 0.2) is 48.0 Å². The smallest absolute Gasteiger partial charge is 0.353 e. The highest BCUT2D eigenvalue weighted by atomic mass is 35.5. The molecule has 0 amide bonds. The standard InChI is InChI=1S/C14H8ClNO2S/c15-10-5-6-11(13-9(10)3-1-7-16-13)18-14(17)12-4-2-8-19-12/h1-8H/p+1. The average Bonchev–Trinajstić information content (AvgIpc) is 2.96. The van der Waals surface area contributed by atoms with Crippen LogP contribution in [0.5, 0.6) is 5.75 Å². The van der Waals surface area contributed by atoms with Gasteiger partial charge in [-0.15, -0.1) is 11.3 Å². The molecule has 0 aliphatic heterocycles. The highest BCUT2D eigenvalue weighted by Gasteiger charge is 2.16. The van der Waals surface area contributed by atoms with Crippen LogP contribution in [-0.2, 0) is 0 Å². The van der Waals surface area contributed by atoms with Crippen LogP contribution in [-0.4, -0.2) is 5.97 Å². The zero-order chi connectivity index (χ0) is 13.2. The molecule has 0 bridgehead atoms. The third kappa shape index (κ3) is 2.32. The minimum atomic E-state index is -0.365. The number of rotatable bonds is 2. The molecule has 0 saturated carbocycles. The van der Waals surface area contributed by atoms with Gasteiger partial charge in [0.05, 0.1) is 10.4 Å². The van der Waals surface area contributed by atoms with Gasteiger partial charge in [-0.2, -0.15) is 0 Å². The fourth-order valence-electron chi connectivity index (χ4n) is 1.79. The van der Waals surface area contributed by atoms with Gasteiger partial charge in [-0.25, -0.2) is 9.78 Å². The van der Waals surface area contributed by atoms with E-state index in [4.69, 9.17) is 16.3 Å². The van der Waals surface area contributed by atoms with Crippen LogP contribution in [0.1, 0.15) is 9.67 Å². The molecule has 2 aromatic heterocycles. The summed E-state index contributed by atoms with van der Waals surface area (Å²) >= 11 is 7.45. The van der Waals surface area contributed by atoms with Crippen LogP contribution in [0.4, 0.5) is 0 Å². The van der Waals surface area contributed by atoms with Crippen molar-refractivity contribution in [2.45, 2.75) is 0 Å². The SMILES string of the molecule is O=C(Oc1ccc(Cl)c2ccc[nH+]c12)c1cccs1. The Morgan fingerprint density at radius 1 is 1.21 bits per heavy atom. The van der Waals surface area contributed by atoms with Gasteiger partial charge in [0.1, 0.15) is 4.88 Å². The number of benzene rings is 1. The first-order chi connectivity index (χ1) is 9.25. The van der Waals surface area contributed by atoms with E-state index in [9.17, 15) is 4.79 Å². The van der Waals surface area contributed by atoms with E-state index >= 15 is 0 Å². The molecule has 3 aromatic rings. The molecule has 19 heavy (non-hydrogen) atoms. The van der Waals surface area contributed by atoms with Crippen molar-refractivity contribution < 1.29 is 14.5 Å². The summed E-state index contributed by atoms with van der Waals surface area (Å²) in [5.74, 6) is 0.106. The molecule has 1 aromatic carbocycles. The third-order valence-corrected chi connectivity index (χ3v) is 3.85. The molecule has 0 fully saturated rings. The number of hydrogen-bond donors (Lipinski definition) is 0. The van der Waals surface area contributed by atoms with E-state index in [2.05, 4.69) is 4.98 Å². The van der Waals surface area contributed by atoms with Crippen molar-refractivity contribution in [3.05, 3.63) is 57.9 Å². The maximum atomic E-state index is 11.9. The Labute approximate surface area is 118 Å². The number of aromatic amines is 1. The Morgan fingerprint density at radius 3 is 2.89 bits per heavy atom. The fourth-order valence-corrected chi connectivity index (χ4v) is 2.61. The van der Waals surface area contributed by atoms with Gasteiger partial charge >= 0.3 is 5.97 Å². The minimum Gasteiger partial charge on any atom is -0.415 e. The molecule has 0 radical (unpaired) electrons. The quantitative estimate of drug-likeness (QED) is 0.534. The maximum absolute atomic E-state index is 11.9. The largest absolute Gasteiger partial charge is 0.415 e. The Hall–Kier alpha value is -1.91. The van der Waals surface area contributed by atoms with Gasteiger partial charge in [-0.3, -0.25) is 0 Å². The van der Waals surface area contributed by atoms with Gasteiger partial charge < -0.3 is 4.74 Å². The Kier molecular flexibility index (Phi) is 3.19. The van der Waals surface area contributed by atoms with E-state index in [-0.39, 0.29) is 5.97 Å². The van der Waals surface area contributed by atoms with Crippen molar-refractivity contribution in [1.29, 1.82) is 0 Å². The fraction of sp³-hybridized carbons (Fsp3) is 0. The summed E-state index contributed by atoms with van der Waals surface area (Å²) in [4.78, 5) is 15.6. The lowest BCUT2D eigenvalue weighted by molar-refractivity contribution is -0.345. The second-order valence-corrected chi connectivity index (χ2v) is 5.23. The second-order valence-electron chi connectivity index (χ2n) is 3.87. The van der Waals surface area contributed by atoms with Crippen molar-refractivity contribution in [2.75, 3.05) is 0 Å². The number of halogens is 1. The predicted octanol–water partition coefficient (Wildman–Crippen LogP) is 3.59. The van der Waals surface area contributed by atoms with Crippen molar-refractivity contribution in [3.63, 3.8) is 0 Å². The number of carbonyl (C=O) groups excluding carboxylic acids is 1. The lowest BCUT2D eigenvalue weighted by Crippen LogP contribution is -2.10. The lowest BCUT2D eigenvalue weighted by atomic mass is 10.2. The number of aromatic nitrogens is 1. The van der Waals surface area contributed by atoms with E-state index in [1.165, 1.54) is 11.3 Å². The van der Waals surface area contributed by atoms with Crippen molar-refractivity contribution >= 4 is 39.8 Å². The van der Waals surface area contributed by atoms with Crippen molar-refractivity contribution in [1.82, 2.24) is 0 Å². The van der Waals surface area contributed by atoms with Gasteiger partial charge in [0.25, 0.3) is 5.52 Å². The van der Waals surface area contributed by atoms with Gasteiger partial charge in [0.2, 0.25) is 5.75 Å². The van der Waals surface area contributed by atoms with Crippen LogP contribution < -0.4 is 9.72 Å². The molecule has 3 nitrogen and oxygen atoms in total. The monoisotopic (exact) mass is 290 g/mol. The number of thiophene rings is 1. The molecule has 0 spiro atoms. The number of hydrogen-bond acceptors (Lipinski definition) is 3. The summed E-state index contributed by atoms with van der Waals surface area (Å²) in [6, 6.07) is 10.7. The molecular formula is C14H9ClNO2S+. The van der Waals surface area contributed by atoms with E-state index in [0.717, 1.165) is 5.39 Å². The first-order valence-electron chi connectivity index (χ1n) is 5.60. The Balaban J connectivity index is 2.02. The highest BCUT2D eigenvalue weighted by molar-refractivity contribution is 7.12. The molecule has 5 heteroatoms. The first kappa shape index (κ1) is 12.1. The predicted molar refractivity (Wildman–Crippen MR) is 74.8 cm³/mol. The molecular weight excluding hydrogens is 282 g/mol. The summed E-state index contributed by atoms with van der Waals surface area (Å²) in [7, 11) is 0. The number of ether oxygens (including phenoxy) is 1. The highest BCUT2D eigenvalue weighted by Crippen LogP contribution is 2.28. The molecule has 0 unspecified atom stereocenters. The van der Waals surface area contributed by atoms with Crippen LogP contribution in [0.25, 0.3) is 10.9 Å². The number of nitrogens with one attached hydrogen (secondary N) is 1. The van der Waals surface area contributed by atoms with Gasteiger partial charge in [-0.1, -0.05) is 17.7 Å². The van der Waals surface area contributed by atoms with E-state index in [1.807, 2.05) is 23.6 Å². The van der Waals surface area contributed by atoms with Gasteiger partial charge in [0.15, 0.2) is 6.20 Å². The molecule has 0 aliphatic carbocycles. The minimum absolute atomic E-state index is 0.365. The summed E-state index contributed by atoms with van der Waals surface area (Å²) in [5, 5.41) is 3.27. The number of esters is 1. The first-order valence-corrected chi connectivity index (χ1v) is 6.86. The molecule has 1 N–H and O–H groups in total. The van der Waals surface area contributed by atoms with E-state index < -0.39 is 0 Å². The van der Waals surface area contributed by atoms with Crippen LogP contribution in [0.2, 0.25) is 5.02 Å². The summed E-state index contributed by atoms with van der Waals surface area (Å²) in [6.45, 7) is 0. The van der Waals surface area contributed by atoms with Crippen LogP contribution >= 0.6 is 22.9 Å². The molecule has 0 saturated heterocycles. The Morgan fingerprint density at radius 2 is 2.11 bits per heavy atom. The number of pyridine rings is 1. The molecule has 2 heterocycles. The molecule has 0 atom stereocenters. The molecule has 94 valence electrons. The number of H-pyrrole nitrogens is 1. The average molecular weight is 291 g/mol. The maximum Gasteiger partial charge on any atom is 0.353 e. The van der Waals surface area contributed by atoms with Crippen LogP contribution in [0.3, 0.4) is 0 Å². The van der Waals surface area contributed by atoms with Gasteiger partial charge in [0, 0.05) is 6.07 Å². The lowest BCUT2D eigenvalue weighted by Gasteiger charge is -2.03. The molecule has 3 rings (SSSR count). The molecule has 0 aliphatic rings. The van der Waals surface area contributed by atoms with Crippen molar-refractivity contribution in [3.8, 4) is 5.75 Å². The summed E-state index contributed by atoms with van der Waals surface area (Å²) in [6.07, 6.45) is 1.77. The summed E-state index contributed by atoms with van der Waals surface area (Å²) < 4.78 is 5.41. The second kappa shape index (κ2) is 4.99. The van der Waals surface area contributed by atoms with Crippen LogP contribution in [0, 0.1) is 0 Å². The normalized spacial score (nSPS) is 10.6. The zero-order valence-corrected chi connectivity index (χ0v) is 11.3. The van der Waals surface area contributed by atoms with Crippen molar-refractivity contribution in [2.24, 2.45) is 0 Å². The third-order valence-electron chi connectivity index (χ3n) is 2.67. The number of fused-ring (bicyclic) bond motifs is 1. The number of carbonyl (C=O) groups is 1. The van der Waals surface area contributed by atoms with Gasteiger partial charge in [-0.05, 0) is 29.6 Å².